The zero-order valence-corrected chi connectivity index (χ0v) is 24.9. The highest BCUT2D eigenvalue weighted by Gasteiger charge is 2.53. The number of halogens is 1. The molecule has 214 valence electrons. The van der Waals surface area contributed by atoms with Gasteiger partial charge in [0.15, 0.2) is 0 Å². The molecule has 7 rings (SSSR count). The largest absolute Gasteiger partial charge is 0.339 e. The summed E-state index contributed by atoms with van der Waals surface area (Å²) in [6, 6.07) is 15.6. The monoisotopic (exact) mass is 559 g/mol. The molecule has 2 saturated carbocycles. The Bertz CT molecular complexity index is 1220. The number of benzene rings is 1. The Balaban J connectivity index is 1.21. The van der Waals surface area contributed by atoms with Crippen molar-refractivity contribution in [3.63, 3.8) is 0 Å². The summed E-state index contributed by atoms with van der Waals surface area (Å²) in [5.41, 5.74) is 3.71. The van der Waals surface area contributed by atoms with Gasteiger partial charge in [-0.1, -0.05) is 67.8 Å². The van der Waals surface area contributed by atoms with Crippen LogP contribution in [0, 0.1) is 29.6 Å². The summed E-state index contributed by atoms with van der Waals surface area (Å²) in [5.74, 6) is 4.17. The number of nitrogens with zero attached hydrogens (tertiary/aromatic N) is 2. The van der Waals surface area contributed by atoms with Crippen molar-refractivity contribution < 1.29 is 4.79 Å². The first-order valence-corrected chi connectivity index (χ1v) is 16.7. The van der Waals surface area contributed by atoms with Crippen LogP contribution in [-0.4, -0.2) is 41.5 Å². The summed E-state index contributed by atoms with van der Waals surface area (Å²) in [4.78, 5) is 22.0. The summed E-state index contributed by atoms with van der Waals surface area (Å²) in [6.45, 7) is 4.93. The number of amides is 1. The number of fused-ring (bicyclic) bond motifs is 4. The van der Waals surface area contributed by atoms with E-state index < -0.39 is 0 Å². The third kappa shape index (κ3) is 4.71. The first-order valence-electron chi connectivity index (χ1n) is 16.3. The number of hydrogen-bond acceptors (Lipinski definition) is 3. The number of rotatable bonds is 4. The van der Waals surface area contributed by atoms with Crippen molar-refractivity contribution >= 4 is 17.5 Å². The van der Waals surface area contributed by atoms with Gasteiger partial charge in [0.05, 0.1) is 5.92 Å². The van der Waals surface area contributed by atoms with E-state index in [1.54, 1.807) is 0 Å². The summed E-state index contributed by atoms with van der Waals surface area (Å²) < 4.78 is 0. The lowest BCUT2D eigenvalue weighted by molar-refractivity contribution is -0.144. The number of nitrogens with one attached hydrogen (secondary N) is 1. The molecule has 2 saturated heterocycles. The lowest BCUT2D eigenvalue weighted by Gasteiger charge is -2.52. The fourth-order valence-corrected chi connectivity index (χ4v) is 10.2. The first-order chi connectivity index (χ1) is 19.6. The van der Waals surface area contributed by atoms with Crippen LogP contribution in [0.5, 0.6) is 0 Å². The van der Waals surface area contributed by atoms with E-state index >= 15 is 0 Å². The van der Waals surface area contributed by atoms with Gasteiger partial charge >= 0.3 is 0 Å². The van der Waals surface area contributed by atoms with Crippen molar-refractivity contribution in [2.24, 2.45) is 29.6 Å². The van der Waals surface area contributed by atoms with Crippen molar-refractivity contribution in [1.82, 2.24) is 15.2 Å². The molecule has 1 N–H and O–H groups in total. The van der Waals surface area contributed by atoms with Crippen LogP contribution in [0.25, 0.3) is 0 Å². The Morgan fingerprint density at radius 1 is 1.07 bits per heavy atom. The molecule has 4 nitrogen and oxygen atoms in total. The minimum atomic E-state index is -0.154. The predicted octanol–water partition coefficient (Wildman–Crippen LogP) is 7.16. The van der Waals surface area contributed by atoms with Crippen LogP contribution in [0.3, 0.4) is 0 Å². The number of piperidine rings is 1. The third-order valence-corrected chi connectivity index (χ3v) is 12.2. The fraction of sp³-hybridized carbons (Fsp3) is 0.657. The van der Waals surface area contributed by atoms with Crippen molar-refractivity contribution in [3.05, 3.63) is 64.4 Å². The molecular formula is C35H46ClN3O. The van der Waals surface area contributed by atoms with Gasteiger partial charge in [0.25, 0.3) is 0 Å². The normalized spacial score (nSPS) is 37.4. The molecule has 3 heterocycles. The van der Waals surface area contributed by atoms with Crippen LogP contribution in [-0.2, 0) is 16.6 Å². The number of likely N-dealkylation sites (tertiary alicyclic amines) is 1. The summed E-state index contributed by atoms with van der Waals surface area (Å²) >= 11 is 6.32. The molecule has 2 bridgehead atoms. The van der Waals surface area contributed by atoms with Gasteiger partial charge in [0, 0.05) is 36.8 Å². The summed E-state index contributed by atoms with van der Waals surface area (Å²) in [6.07, 6.45) is 13.5. The highest BCUT2D eigenvalue weighted by molar-refractivity contribution is 6.29. The molecule has 0 radical (unpaired) electrons. The Hall–Kier alpha value is -1.91. The minimum Gasteiger partial charge on any atom is -0.339 e. The van der Waals surface area contributed by atoms with E-state index in [0.717, 1.165) is 75.2 Å². The van der Waals surface area contributed by atoms with Gasteiger partial charge in [-0.15, -0.1) is 0 Å². The Morgan fingerprint density at radius 3 is 2.80 bits per heavy atom. The van der Waals surface area contributed by atoms with Crippen LogP contribution in [0.4, 0.5) is 0 Å². The molecule has 1 amide bonds. The molecule has 2 aliphatic heterocycles. The van der Waals surface area contributed by atoms with E-state index in [2.05, 4.69) is 53.5 Å². The van der Waals surface area contributed by atoms with Gasteiger partial charge in [-0.2, -0.15) is 0 Å². The maximum absolute atomic E-state index is 14.9. The van der Waals surface area contributed by atoms with Gasteiger partial charge in [0.1, 0.15) is 5.15 Å². The number of pyridine rings is 1. The summed E-state index contributed by atoms with van der Waals surface area (Å²) in [5, 5.41) is 4.25. The van der Waals surface area contributed by atoms with Crippen LogP contribution >= 0.6 is 11.6 Å². The van der Waals surface area contributed by atoms with E-state index in [1.807, 2.05) is 6.07 Å². The van der Waals surface area contributed by atoms with Gasteiger partial charge in [-0.05, 0) is 105 Å². The topological polar surface area (TPSA) is 45.2 Å². The number of aromatic nitrogens is 1. The minimum absolute atomic E-state index is 0.0172. The molecule has 5 aliphatic rings. The Kier molecular flexibility index (Phi) is 7.45. The molecule has 40 heavy (non-hydrogen) atoms. The molecule has 5 heteroatoms. The maximum atomic E-state index is 14.9. The SMILES string of the molecule is CCC1C[C@H]2CCC(C3CC(c4ccccc4)CCN3C(=O)[C@@H]3CNC[C@]34CCCc3nc(Cl)ccc34)[C@@H](C1)C2. The number of carbonyl (C=O) groups is 1. The average Bonchev–Trinajstić information content (AvgIpc) is 3.40. The highest BCUT2D eigenvalue weighted by Crippen LogP contribution is 2.52. The van der Waals surface area contributed by atoms with Crippen molar-refractivity contribution in [1.29, 1.82) is 0 Å². The molecule has 1 spiro atoms. The first kappa shape index (κ1) is 27.0. The maximum Gasteiger partial charge on any atom is 0.228 e. The molecule has 3 aliphatic carbocycles. The summed E-state index contributed by atoms with van der Waals surface area (Å²) in [7, 11) is 0. The van der Waals surface area contributed by atoms with Crippen molar-refractivity contribution in [2.75, 3.05) is 19.6 Å². The van der Waals surface area contributed by atoms with Crippen LogP contribution in [0.15, 0.2) is 42.5 Å². The van der Waals surface area contributed by atoms with E-state index in [-0.39, 0.29) is 11.3 Å². The fourth-order valence-electron chi connectivity index (χ4n) is 10.1. The van der Waals surface area contributed by atoms with E-state index in [1.165, 1.54) is 49.7 Å². The molecule has 1 aromatic heterocycles. The molecular weight excluding hydrogens is 514 g/mol. The number of carbonyl (C=O) groups excluding carboxylic acids is 1. The third-order valence-electron chi connectivity index (χ3n) is 12.0. The zero-order valence-electron chi connectivity index (χ0n) is 24.2. The molecule has 4 unspecified atom stereocenters. The van der Waals surface area contributed by atoms with Gasteiger partial charge < -0.3 is 10.2 Å². The lowest BCUT2D eigenvalue weighted by Crippen LogP contribution is -2.56. The zero-order chi connectivity index (χ0) is 27.3. The van der Waals surface area contributed by atoms with Crippen LogP contribution in [0.1, 0.15) is 93.9 Å². The second kappa shape index (κ2) is 11.1. The van der Waals surface area contributed by atoms with Gasteiger partial charge in [-0.3, -0.25) is 4.79 Å². The molecule has 8 atom stereocenters. The smallest absolute Gasteiger partial charge is 0.228 e. The lowest BCUT2D eigenvalue weighted by atomic mass is 9.59. The predicted molar refractivity (Wildman–Crippen MR) is 161 cm³/mol. The second-order valence-electron chi connectivity index (χ2n) is 13.9. The second-order valence-corrected chi connectivity index (χ2v) is 14.3. The van der Waals surface area contributed by atoms with Crippen molar-refractivity contribution in [3.8, 4) is 0 Å². The molecule has 1 aromatic carbocycles. The Morgan fingerprint density at radius 2 is 1.95 bits per heavy atom. The van der Waals surface area contributed by atoms with E-state index in [0.29, 0.717) is 28.9 Å². The van der Waals surface area contributed by atoms with E-state index in [4.69, 9.17) is 16.6 Å². The molecule has 2 aromatic rings. The average molecular weight is 560 g/mol. The van der Waals surface area contributed by atoms with Gasteiger partial charge in [-0.25, -0.2) is 4.98 Å². The molecule has 4 fully saturated rings. The Labute approximate surface area is 245 Å². The van der Waals surface area contributed by atoms with E-state index in [9.17, 15) is 4.79 Å². The van der Waals surface area contributed by atoms with Gasteiger partial charge in [0.2, 0.25) is 5.91 Å². The number of aryl methyl sites for hydroxylation is 1. The van der Waals surface area contributed by atoms with Crippen LogP contribution in [0.2, 0.25) is 5.15 Å². The standard InChI is InChI=1S/C35H46ClN3O/c1-2-23-17-24-10-11-28(27(18-23)19-24)32-20-26(25-7-4-3-5-8-25)14-16-39(32)34(40)30-21-37-22-35(30)15-6-9-31-29(35)12-13-33(36)38-31/h3-5,7-8,12-13,23-24,26-28,30,32,37H,2,6,9-11,14-22H2,1H3/t23?,24-,26?,27+,28?,30+,32?,35+/m1/s1. The number of hydrogen-bond donors (Lipinski definition) is 1. The highest BCUT2D eigenvalue weighted by atomic mass is 35.5. The quantitative estimate of drug-likeness (QED) is 0.404. The van der Waals surface area contributed by atoms with Crippen LogP contribution < -0.4 is 5.32 Å². The van der Waals surface area contributed by atoms with Crippen molar-refractivity contribution in [2.45, 2.75) is 94.9 Å².